The number of carbonyl (C=O) groups excluding carboxylic acids is 1. The zero-order valence-corrected chi connectivity index (χ0v) is 23.4. The molecule has 35 heavy (non-hydrogen) atoms. The number of phosphoric ester groups is 1. The van der Waals surface area contributed by atoms with Gasteiger partial charge in [-0.3, -0.25) is 4.57 Å². The molecule has 0 rings (SSSR count). The summed E-state index contributed by atoms with van der Waals surface area (Å²) in [6.45, 7) is 1.80. The number of allylic oxidation sites excluding steroid dienone is 3. The third-order valence-corrected chi connectivity index (χ3v) is 6.27. The number of carbonyl (C=O) groups is 1. The lowest BCUT2D eigenvalue weighted by Crippen LogP contribution is -2.37. The van der Waals surface area contributed by atoms with Crippen LogP contribution in [0.25, 0.3) is 0 Å². The Morgan fingerprint density at radius 2 is 1.49 bits per heavy atom. The van der Waals surface area contributed by atoms with Crippen molar-refractivity contribution in [1.82, 2.24) is 0 Å². The second-order valence-electron chi connectivity index (χ2n) is 9.99. The van der Waals surface area contributed by atoms with E-state index in [1.165, 1.54) is 70.3 Å². The van der Waals surface area contributed by atoms with E-state index in [0.29, 0.717) is 11.0 Å². The predicted molar refractivity (Wildman–Crippen MR) is 139 cm³/mol. The summed E-state index contributed by atoms with van der Waals surface area (Å²) in [6.07, 6.45) is 20.8. The molecule has 1 unspecified atom stereocenters. The molecule has 206 valence electrons. The molecule has 8 nitrogen and oxygen atoms in total. The highest BCUT2D eigenvalue weighted by Crippen LogP contribution is 2.38. The van der Waals surface area contributed by atoms with Gasteiger partial charge in [-0.05, 0) is 12.8 Å². The molecular formula is C26H50NO7P. The molecule has 0 spiro atoms. The molecule has 0 aliphatic rings. The predicted octanol–water partition coefficient (Wildman–Crippen LogP) is 4.91. The molecule has 1 N–H and O–H groups in total. The highest BCUT2D eigenvalue weighted by Gasteiger charge is 2.16. The lowest BCUT2D eigenvalue weighted by Gasteiger charge is -2.27. The van der Waals surface area contributed by atoms with Crippen LogP contribution in [0, 0.1) is 0 Å². The first-order valence-corrected chi connectivity index (χ1v) is 14.6. The van der Waals surface area contributed by atoms with Gasteiger partial charge in [0.05, 0.1) is 27.7 Å². The molecule has 0 radical (unpaired) electrons. The van der Waals surface area contributed by atoms with Crippen molar-refractivity contribution < 1.29 is 37.6 Å². The minimum absolute atomic E-state index is 0.0209. The van der Waals surface area contributed by atoms with Crippen molar-refractivity contribution in [2.75, 3.05) is 47.5 Å². The summed E-state index contributed by atoms with van der Waals surface area (Å²) in [6, 6.07) is 0. The number of likely N-dealkylation sites (N-methyl/N-ethyl adjacent to an activating group) is 1. The van der Waals surface area contributed by atoms with E-state index in [9.17, 15) is 19.4 Å². The van der Waals surface area contributed by atoms with Gasteiger partial charge in [0, 0.05) is 6.08 Å². The fourth-order valence-corrected chi connectivity index (χ4v) is 3.89. The van der Waals surface area contributed by atoms with Gasteiger partial charge in [0.15, 0.2) is 0 Å². The van der Waals surface area contributed by atoms with E-state index in [1.54, 1.807) is 12.2 Å². The van der Waals surface area contributed by atoms with Crippen LogP contribution in [0.1, 0.15) is 84.0 Å². The molecule has 0 amide bonds. The van der Waals surface area contributed by atoms with Gasteiger partial charge in [-0.25, -0.2) is 4.79 Å². The Morgan fingerprint density at radius 1 is 0.914 bits per heavy atom. The number of aliphatic hydroxyl groups is 1. The van der Waals surface area contributed by atoms with Gasteiger partial charge in [-0.2, -0.15) is 0 Å². The smallest absolute Gasteiger partial charge is 0.330 e. The van der Waals surface area contributed by atoms with Crippen LogP contribution < -0.4 is 4.89 Å². The quantitative estimate of drug-likeness (QED) is 0.0511. The van der Waals surface area contributed by atoms with Crippen LogP contribution in [0.5, 0.6) is 0 Å². The third-order valence-electron chi connectivity index (χ3n) is 5.31. The third kappa shape index (κ3) is 25.9. The van der Waals surface area contributed by atoms with Crippen LogP contribution in [-0.4, -0.2) is 69.2 Å². The van der Waals surface area contributed by atoms with Gasteiger partial charge < -0.3 is 28.3 Å². The molecule has 0 aliphatic carbocycles. The highest BCUT2D eigenvalue weighted by molar-refractivity contribution is 7.45. The Balaban J connectivity index is 3.72. The summed E-state index contributed by atoms with van der Waals surface area (Å²) in [5, 5.41) is 9.76. The second-order valence-corrected chi connectivity index (χ2v) is 11.4. The van der Waals surface area contributed by atoms with Crippen molar-refractivity contribution in [1.29, 1.82) is 0 Å². The average Bonchev–Trinajstić information content (AvgIpc) is 2.78. The number of ether oxygens (including phenoxy) is 1. The zero-order valence-electron chi connectivity index (χ0n) is 22.5. The Labute approximate surface area is 213 Å². The van der Waals surface area contributed by atoms with Gasteiger partial charge in [-0.1, -0.05) is 89.4 Å². The Bertz CT molecular complexity index is 632. The first-order valence-electron chi connectivity index (χ1n) is 13.1. The van der Waals surface area contributed by atoms with Crippen LogP contribution in [0.15, 0.2) is 24.3 Å². The zero-order chi connectivity index (χ0) is 26.4. The number of phosphoric acid groups is 1. The number of esters is 1. The molecule has 0 aliphatic heterocycles. The fraction of sp³-hybridized carbons (Fsp3) is 0.808. The number of aliphatic hydroxyl groups excluding tert-OH is 1. The van der Waals surface area contributed by atoms with Crippen molar-refractivity contribution in [2.45, 2.75) is 90.1 Å². The van der Waals surface area contributed by atoms with Crippen LogP contribution in [0.3, 0.4) is 0 Å². The Hall–Kier alpha value is -1.02. The minimum Gasteiger partial charge on any atom is -0.756 e. The largest absolute Gasteiger partial charge is 0.756 e. The standard InChI is InChI=1S/C26H50NO7P/c1-5-6-7-8-9-10-11-12-13-14-15-16-17-18-19-20-26(29)32-23-25(28)24-34-35(30,31)33-22-21-27(2,3)4/h17-20,25,28H,5-16,21-24H2,1-4H3/t25-/m1/s1. The van der Waals surface area contributed by atoms with Gasteiger partial charge in [0.1, 0.15) is 25.9 Å². The van der Waals surface area contributed by atoms with E-state index < -0.39 is 26.5 Å². The van der Waals surface area contributed by atoms with Crippen LogP contribution in [-0.2, 0) is 23.1 Å². The maximum Gasteiger partial charge on any atom is 0.330 e. The Kier molecular flexibility index (Phi) is 20.5. The Morgan fingerprint density at radius 3 is 2.06 bits per heavy atom. The molecule has 0 saturated carbocycles. The SMILES string of the molecule is CCCCCCCCCCCCCC=CC=CC(=O)OC[C@@H](O)COP(=O)([O-])OCC[N+](C)(C)C. The lowest BCUT2D eigenvalue weighted by molar-refractivity contribution is -0.870. The summed E-state index contributed by atoms with van der Waals surface area (Å²) >= 11 is 0. The topological polar surface area (TPSA) is 105 Å². The molecule has 9 heteroatoms. The van der Waals surface area contributed by atoms with E-state index in [0.717, 1.165) is 12.8 Å². The van der Waals surface area contributed by atoms with E-state index in [1.807, 2.05) is 27.2 Å². The van der Waals surface area contributed by atoms with Gasteiger partial charge in [0.2, 0.25) is 0 Å². The van der Waals surface area contributed by atoms with Crippen LogP contribution in [0.4, 0.5) is 0 Å². The maximum absolute atomic E-state index is 11.7. The van der Waals surface area contributed by atoms with E-state index in [-0.39, 0.29) is 13.2 Å². The van der Waals surface area contributed by atoms with E-state index in [2.05, 4.69) is 11.4 Å². The van der Waals surface area contributed by atoms with Crippen molar-refractivity contribution in [3.63, 3.8) is 0 Å². The molecule has 0 aromatic heterocycles. The normalized spacial score (nSPS) is 15.0. The number of unbranched alkanes of at least 4 members (excludes halogenated alkanes) is 11. The summed E-state index contributed by atoms with van der Waals surface area (Å²) in [4.78, 5) is 23.3. The monoisotopic (exact) mass is 519 g/mol. The number of hydrogen-bond donors (Lipinski definition) is 1. The minimum atomic E-state index is -4.51. The molecule has 0 aromatic rings. The fourth-order valence-electron chi connectivity index (χ4n) is 3.15. The van der Waals surface area contributed by atoms with Gasteiger partial charge in [0.25, 0.3) is 7.82 Å². The molecule has 0 heterocycles. The average molecular weight is 520 g/mol. The number of rotatable bonds is 23. The summed E-state index contributed by atoms with van der Waals surface area (Å²) in [5.74, 6) is -0.618. The molecular weight excluding hydrogens is 469 g/mol. The van der Waals surface area contributed by atoms with E-state index in [4.69, 9.17) is 9.26 Å². The van der Waals surface area contributed by atoms with Gasteiger partial charge >= 0.3 is 5.97 Å². The first-order chi connectivity index (χ1) is 16.6. The summed E-state index contributed by atoms with van der Waals surface area (Å²) in [5.41, 5.74) is 0. The van der Waals surface area contributed by atoms with Crippen molar-refractivity contribution >= 4 is 13.8 Å². The molecule has 2 atom stereocenters. The van der Waals surface area contributed by atoms with Crippen LogP contribution in [0.2, 0.25) is 0 Å². The molecule has 0 bridgehead atoms. The molecule has 0 aromatic carbocycles. The number of nitrogens with zero attached hydrogens (tertiary/aromatic N) is 1. The molecule has 0 saturated heterocycles. The lowest BCUT2D eigenvalue weighted by atomic mass is 10.1. The second kappa shape index (κ2) is 21.1. The maximum atomic E-state index is 11.7. The van der Waals surface area contributed by atoms with Crippen molar-refractivity contribution in [2.24, 2.45) is 0 Å². The number of quaternary nitrogens is 1. The summed E-state index contributed by atoms with van der Waals surface area (Å²) < 4.78 is 26.5. The van der Waals surface area contributed by atoms with Crippen molar-refractivity contribution in [3.8, 4) is 0 Å². The number of hydrogen-bond acceptors (Lipinski definition) is 7. The molecule has 0 fully saturated rings. The van der Waals surface area contributed by atoms with Gasteiger partial charge in [-0.15, -0.1) is 0 Å². The van der Waals surface area contributed by atoms with Crippen molar-refractivity contribution in [3.05, 3.63) is 24.3 Å². The highest BCUT2D eigenvalue weighted by atomic mass is 31.2. The van der Waals surface area contributed by atoms with E-state index >= 15 is 0 Å². The summed E-state index contributed by atoms with van der Waals surface area (Å²) in [7, 11) is 1.20. The first kappa shape index (κ1) is 34.0. The van der Waals surface area contributed by atoms with Crippen LogP contribution >= 0.6 is 7.82 Å².